The smallest absolute Gasteiger partial charge is 0.305 e. The van der Waals surface area contributed by atoms with Crippen molar-refractivity contribution in [2.75, 3.05) is 7.11 Å². The van der Waals surface area contributed by atoms with E-state index in [1.54, 1.807) is 0 Å². The minimum Gasteiger partial charge on any atom is -0.469 e. The molecule has 0 unspecified atom stereocenters. The Labute approximate surface area is 147 Å². The second-order valence-electron chi connectivity index (χ2n) is 6.53. The molecular formula is C21H34O3. The van der Waals surface area contributed by atoms with Gasteiger partial charge in [-0.15, -0.1) is 0 Å². The number of hydrogen-bond donors (Lipinski definition) is 0. The monoisotopic (exact) mass is 334 g/mol. The van der Waals surface area contributed by atoms with Gasteiger partial charge >= 0.3 is 5.97 Å². The molecule has 1 aromatic rings. The van der Waals surface area contributed by atoms with Gasteiger partial charge in [-0.2, -0.15) is 0 Å². The van der Waals surface area contributed by atoms with E-state index in [9.17, 15) is 4.79 Å². The van der Waals surface area contributed by atoms with Gasteiger partial charge in [0.2, 0.25) is 0 Å². The van der Waals surface area contributed by atoms with Gasteiger partial charge in [0.25, 0.3) is 0 Å². The van der Waals surface area contributed by atoms with Gasteiger partial charge < -0.3 is 9.15 Å². The van der Waals surface area contributed by atoms with Crippen molar-refractivity contribution in [3.63, 3.8) is 0 Å². The highest BCUT2D eigenvalue weighted by Crippen LogP contribution is 2.24. The van der Waals surface area contributed by atoms with Gasteiger partial charge in [-0.3, -0.25) is 4.79 Å². The SMILES string of the molecule is CCCC=Cc1oc(CCCCCCCCC(=O)OC)c(C)c1C. The first-order chi connectivity index (χ1) is 11.6. The fourth-order valence-corrected chi connectivity index (χ4v) is 2.80. The number of carbonyl (C=O) groups excluding carboxylic acids is 1. The Kier molecular flexibility index (Phi) is 10.2. The lowest BCUT2D eigenvalue weighted by molar-refractivity contribution is -0.140. The third kappa shape index (κ3) is 7.37. The van der Waals surface area contributed by atoms with Crippen LogP contribution in [0.4, 0.5) is 0 Å². The Hall–Kier alpha value is -1.51. The summed E-state index contributed by atoms with van der Waals surface area (Å²) < 4.78 is 10.7. The van der Waals surface area contributed by atoms with E-state index in [-0.39, 0.29) is 5.97 Å². The van der Waals surface area contributed by atoms with E-state index in [0.29, 0.717) is 6.42 Å². The molecule has 0 N–H and O–H groups in total. The molecule has 0 saturated carbocycles. The second-order valence-corrected chi connectivity index (χ2v) is 6.53. The number of carbonyl (C=O) groups is 1. The number of unbranched alkanes of at least 4 members (excludes halogenated alkanes) is 6. The Morgan fingerprint density at radius 3 is 2.38 bits per heavy atom. The van der Waals surface area contributed by atoms with Gasteiger partial charge in [0, 0.05) is 12.8 Å². The molecule has 0 fully saturated rings. The molecule has 0 radical (unpaired) electrons. The molecule has 0 spiro atoms. The molecule has 1 heterocycles. The zero-order valence-corrected chi connectivity index (χ0v) is 16.0. The van der Waals surface area contributed by atoms with Gasteiger partial charge in [0.15, 0.2) is 0 Å². The van der Waals surface area contributed by atoms with Crippen molar-refractivity contribution in [1.82, 2.24) is 0 Å². The Bertz CT molecular complexity index is 511. The molecule has 0 aromatic carbocycles. The molecule has 0 amide bonds. The molecule has 3 heteroatoms. The highest BCUT2D eigenvalue weighted by atomic mass is 16.5. The lowest BCUT2D eigenvalue weighted by atomic mass is 10.0. The highest BCUT2D eigenvalue weighted by Gasteiger charge is 2.11. The number of hydrogen-bond acceptors (Lipinski definition) is 3. The summed E-state index contributed by atoms with van der Waals surface area (Å²) in [5.41, 5.74) is 2.59. The van der Waals surface area contributed by atoms with Crippen molar-refractivity contribution in [2.24, 2.45) is 0 Å². The van der Waals surface area contributed by atoms with E-state index < -0.39 is 0 Å². The van der Waals surface area contributed by atoms with E-state index in [0.717, 1.165) is 37.2 Å². The van der Waals surface area contributed by atoms with Gasteiger partial charge in [0.05, 0.1) is 7.11 Å². The topological polar surface area (TPSA) is 39.4 Å². The summed E-state index contributed by atoms with van der Waals surface area (Å²) in [6, 6.07) is 0. The standard InChI is InChI=1S/C21H34O3/c1-5-6-11-14-19-17(2)18(3)20(24-19)15-12-9-7-8-10-13-16-21(22)23-4/h11,14H,5-10,12-13,15-16H2,1-4H3. The maximum atomic E-state index is 11.0. The summed E-state index contributed by atoms with van der Waals surface area (Å²) in [6.45, 7) is 6.50. The van der Waals surface area contributed by atoms with Crippen LogP contribution in [0.15, 0.2) is 10.5 Å². The normalized spacial score (nSPS) is 11.3. The third-order valence-corrected chi connectivity index (χ3v) is 4.57. The predicted molar refractivity (Wildman–Crippen MR) is 100 cm³/mol. The van der Waals surface area contributed by atoms with Gasteiger partial charge in [0.1, 0.15) is 11.5 Å². The molecule has 1 aromatic heterocycles. The minimum atomic E-state index is -0.0949. The van der Waals surface area contributed by atoms with Crippen LogP contribution in [0.5, 0.6) is 0 Å². The zero-order chi connectivity index (χ0) is 17.8. The molecule has 3 nitrogen and oxygen atoms in total. The lowest BCUT2D eigenvalue weighted by Crippen LogP contribution is -1.99. The average Bonchev–Trinajstić information content (AvgIpc) is 2.85. The van der Waals surface area contributed by atoms with Crippen LogP contribution in [0.1, 0.15) is 87.4 Å². The average molecular weight is 334 g/mol. The summed E-state index contributed by atoms with van der Waals surface area (Å²) >= 11 is 0. The third-order valence-electron chi connectivity index (χ3n) is 4.57. The van der Waals surface area contributed by atoms with Crippen LogP contribution in [0.25, 0.3) is 6.08 Å². The molecule has 0 atom stereocenters. The van der Waals surface area contributed by atoms with Crippen LogP contribution >= 0.6 is 0 Å². The number of aryl methyl sites for hydroxylation is 1. The second kappa shape index (κ2) is 11.9. The van der Waals surface area contributed by atoms with Crippen LogP contribution in [0.2, 0.25) is 0 Å². The molecule has 1 rings (SSSR count). The van der Waals surface area contributed by atoms with Crippen LogP contribution in [0.3, 0.4) is 0 Å². The fraction of sp³-hybridized carbons (Fsp3) is 0.667. The Morgan fingerprint density at radius 2 is 1.71 bits per heavy atom. The number of methoxy groups -OCH3 is 1. The number of rotatable bonds is 12. The Balaban J connectivity index is 2.23. The number of ether oxygens (including phenoxy) is 1. The molecule has 0 aliphatic carbocycles. The van der Waals surface area contributed by atoms with Crippen molar-refractivity contribution >= 4 is 12.0 Å². The predicted octanol–water partition coefficient (Wildman–Crippen LogP) is 6.16. The van der Waals surface area contributed by atoms with Crippen molar-refractivity contribution in [1.29, 1.82) is 0 Å². The summed E-state index contributed by atoms with van der Waals surface area (Å²) in [5.74, 6) is 2.08. The quantitative estimate of drug-likeness (QED) is 0.339. The van der Waals surface area contributed by atoms with Crippen LogP contribution in [0, 0.1) is 13.8 Å². The van der Waals surface area contributed by atoms with Gasteiger partial charge in [-0.1, -0.05) is 45.1 Å². The summed E-state index contributed by atoms with van der Waals surface area (Å²) in [6.07, 6.45) is 15.0. The van der Waals surface area contributed by atoms with E-state index >= 15 is 0 Å². The van der Waals surface area contributed by atoms with Crippen LogP contribution in [-0.2, 0) is 16.0 Å². The minimum absolute atomic E-state index is 0.0949. The maximum absolute atomic E-state index is 11.0. The summed E-state index contributed by atoms with van der Waals surface area (Å²) in [5, 5.41) is 0. The largest absolute Gasteiger partial charge is 0.469 e. The molecule has 0 aliphatic rings. The first-order valence-electron chi connectivity index (χ1n) is 9.42. The van der Waals surface area contributed by atoms with Crippen molar-refractivity contribution in [3.05, 3.63) is 28.7 Å². The fourth-order valence-electron chi connectivity index (χ4n) is 2.80. The first kappa shape index (κ1) is 20.5. The Morgan fingerprint density at radius 1 is 1.04 bits per heavy atom. The molecular weight excluding hydrogens is 300 g/mol. The van der Waals surface area contributed by atoms with Crippen molar-refractivity contribution in [2.45, 2.75) is 85.0 Å². The zero-order valence-electron chi connectivity index (χ0n) is 16.0. The van der Waals surface area contributed by atoms with E-state index in [4.69, 9.17) is 4.42 Å². The van der Waals surface area contributed by atoms with E-state index in [1.165, 1.54) is 50.3 Å². The van der Waals surface area contributed by atoms with Crippen molar-refractivity contribution in [3.8, 4) is 0 Å². The van der Waals surface area contributed by atoms with Crippen molar-refractivity contribution < 1.29 is 13.9 Å². The first-order valence-corrected chi connectivity index (χ1v) is 9.42. The van der Waals surface area contributed by atoms with E-state index in [1.807, 2.05) is 0 Å². The molecule has 0 bridgehead atoms. The van der Waals surface area contributed by atoms with Crippen LogP contribution in [-0.4, -0.2) is 13.1 Å². The number of esters is 1. The van der Waals surface area contributed by atoms with E-state index in [2.05, 4.69) is 37.7 Å². The molecule has 0 saturated heterocycles. The molecule has 0 aliphatic heterocycles. The molecule has 136 valence electrons. The molecule has 24 heavy (non-hydrogen) atoms. The van der Waals surface area contributed by atoms with Crippen LogP contribution < -0.4 is 0 Å². The number of allylic oxidation sites excluding steroid dienone is 1. The maximum Gasteiger partial charge on any atom is 0.305 e. The highest BCUT2D eigenvalue weighted by molar-refractivity contribution is 5.68. The lowest BCUT2D eigenvalue weighted by Gasteiger charge is -2.02. The summed E-state index contributed by atoms with van der Waals surface area (Å²) in [7, 11) is 1.45. The van der Waals surface area contributed by atoms with Gasteiger partial charge in [-0.05, 0) is 50.3 Å². The summed E-state index contributed by atoms with van der Waals surface area (Å²) in [4.78, 5) is 11.0. The number of furan rings is 1. The van der Waals surface area contributed by atoms with Gasteiger partial charge in [-0.25, -0.2) is 0 Å².